The summed E-state index contributed by atoms with van der Waals surface area (Å²) in [7, 11) is 0. The van der Waals surface area contributed by atoms with Gasteiger partial charge in [-0.05, 0) is 89.9 Å². The van der Waals surface area contributed by atoms with Crippen molar-refractivity contribution in [1.29, 1.82) is 0 Å². The maximum atomic E-state index is 12.7. The molecule has 0 saturated carbocycles. The van der Waals surface area contributed by atoms with Crippen molar-refractivity contribution < 1.29 is 23.8 Å². The molecule has 5 nitrogen and oxygen atoms in total. The van der Waals surface area contributed by atoms with Gasteiger partial charge in [-0.1, -0.05) is 248 Å². The highest BCUT2D eigenvalue weighted by atomic mass is 16.6. The lowest BCUT2D eigenvalue weighted by Crippen LogP contribution is -2.29. The molecule has 0 unspecified atom stereocenters. The fraction of sp³-hybridized carbons (Fsp3) is 0.770. The Bertz CT molecular complexity index is 1180. The molecule has 0 aromatic carbocycles. The van der Waals surface area contributed by atoms with Gasteiger partial charge in [0.2, 0.25) is 0 Å². The zero-order valence-corrected chi connectivity index (χ0v) is 44.0. The van der Waals surface area contributed by atoms with Gasteiger partial charge in [-0.15, -0.1) is 0 Å². The Morgan fingerprint density at radius 2 is 0.621 bits per heavy atom. The highest BCUT2D eigenvalue weighted by Crippen LogP contribution is 2.15. The van der Waals surface area contributed by atoms with E-state index in [-0.39, 0.29) is 25.2 Å². The van der Waals surface area contributed by atoms with Crippen LogP contribution < -0.4 is 0 Å². The second-order valence-corrected chi connectivity index (χ2v) is 18.8. The van der Waals surface area contributed by atoms with Gasteiger partial charge in [0, 0.05) is 19.4 Å². The fourth-order valence-electron chi connectivity index (χ4n) is 7.98. The molecule has 5 heteroatoms. The minimum atomic E-state index is -0.420. The van der Waals surface area contributed by atoms with Crippen molar-refractivity contribution in [2.24, 2.45) is 0 Å². The average molecular weight is 922 g/mol. The van der Waals surface area contributed by atoms with E-state index in [2.05, 4.69) is 93.7 Å². The zero-order chi connectivity index (χ0) is 47.7. The number of esters is 2. The summed E-state index contributed by atoms with van der Waals surface area (Å²) in [5.41, 5.74) is 0. The molecule has 0 aromatic rings. The molecule has 0 amide bonds. The molecule has 0 aliphatic heterocycles. The standard InChI is InChI=1S/C61H108O5/c1-4-7-10-13-16-19-22-25-28-30-31-32-34-37-40-43-46-49-52-55-61(63)66-58-59(64-56-53-50-47-44-41-38-35-29-26-23-20-17-14-11-8-5-2)57-65-60(62)54-51-48-45-42-39-36-33-27-24-21-18-15-12-9-6-3/h9,12,16,18-19,21,25,27-28,33,39,42,59H,4-8,10-11,13-15,17,20,22-24,26,29-32,34-38,40-41,43-58H2,1-3H3/b12-9-,19-16-,21-18-,28-25-,33-27-,42-39-/t59-/m1/s1. The summed E-state index contributed by atoms with van der Waals surface area (Å²) in [5.74, 6) is -0.378. The second kappa shape index (κ2) is 56.7. The molecular formula is C61H108O5. The lowest BCUT2D eigenvalue weighted by molar-refractivity contribution is -0.155. The number of rotatable bonds is 52. The highest BCUT2D eigenvalue weighted by molar-refractivity contribution is 5.69. The average Bonchev–Trinajstić information content (AvgIpc) is 3.32. The molecule has 66 heavy (non-hydrogen) atoms. The van der Waals surface area contributed by atoms with Gasteiger partial charge in [-0.2, -0.15) is 0 Å². The molecule has 0 aliphatic rings. The normalized spacial score (nSPS) is 12.7. The summed E-state index contributed by atoms with van der Waals surface area (Å²) in [6, 6.07) is 0. The van der Waals surface area contributed by atoms with Crippen molar-refractivity contribution in [3.63, 3.8) is 0 Å². The maximum Gasteiger partial charge on any atom is 0.305 e. The van der Waals surface area contributed by atoms with E-state index < -0.39 is 6.10 Å². The first kappa shape index (κ1) is 63.3. The van der Waals surface area contributed by atoms with Gasteiger partial charge in [-0.25, -0.2) is 0 Å². The van der Waals surface area contributed by atoms with Crippen molar-refractivity contribution in [2.45, 2.75) is 284 Å². The van der Waals surface area contributed by atoms with Crippen LogP contribution in [0.3, 0.4) is 0 Å². The lowest BCUT2D eigenvalue weighted by Gasteiger charge is -2.18. The number of hydrogen-bond acceptors (Lipinski definition) is 5. The third-order valence-electron chi connectivity index (χ3n) is 12.3. The van der Waals surface area contributed by atoms with Gasteiger partial charge in [0.15, 0.2) is 0 Å². The van der Waals surface area contributed by atoms with E-state index in [1.165, 1.54) is 167 Å². The van der Waals surface area contributed by atoms with Crippen molar-refractivity contribution >= 4 is 11.9 Å². The van der Waals surface area contributed by atoms with Crippen LogP contribution in [-0.2, 0) is 23.8 Å². The Balaban J connectivity index is 4.30. The van der Waals surface area contributed by atoms with Crippen molar-refractivity contribution in [1.82, 2.24) is 0 Å². The van der Waals surface area contributed by atoms with Crippen LogP contribution in [0, 0.1) is 0 Å². The summed E-state index contributed by atoms with van der Waals surface area (Å²) in [6.45, 7) is 7.57. The first-order valence-electron chi connectivity index (χ1n) is 28.5. The molecule has 0 fully saturated rings. The SMILES string of the molecule is CC/C=C\C/C=C\C/C=C\C/C=C\CCCCC(=O)OC[C@H](COC(=O)CCCCCCCCCCC/C=C\C/C=C\CCCCC)OCCCCCCCCCCCCCCCCCC. The van der Waals surface area contributed by atoms with Crippen LogP contribution in [0.2, 0.25) is 0 Å². The Morgan fingerprint density at radius 1 is 0.333 bits per heavy atom. The molecule has 0 saturated heterocycles. The Kier molecular flexibility index (Phi) is 54.4. The smallest absolute Gasteiger partial charge is 0.305 e. The Labute approximate surface area is 410 Å². The molecule has 0 heterocycles. The topological polar surface area (TPSA) is 61.8 Å². The van der Waals surface area contributed by atoms with E-state index >= 15 is 0 Å². The van der Waals surface area contributed by atoms with E-state index in [0.29, 0.717) is 19.4 Å². The van der Waals surface area contributed by atoms with Gasteiger partial charge < -0.3 is 14.2 Å². The van der Waals surface area contributed by atoms with Crippen LogP contribution in [-0.4, -0.2) is 37.9 Å². The van der Waals surface area contributed by atoms with E-state index in [4.69, 9.17) is 14.2 Å². The molecule has 0 aromatic heterocycles. The van der Waals surface area contributed by atoms with E-state index in [1.807, 2.05) is 0 Å². The van der Waals surface area contributed by atoms with Gasteiger partial charge in [0.25, 0.3) is 0 Å². The highest BCUT2D eigenvalue weighted by Gasteiger charge is 2.16. The second-order valence-electron chi connectivity index (χ2n) is 18.8. The molecule has 0 rings (SSSR count). The van der Waals surface area contributed by atoms with Crippen molar-refractivity contribution in [3.8, 4) is 0 Å². The molecule has 0 N–H and O–H groups in total. The minimum Gasteiger partial charge on any atom is -0.463 e. The van der Waals surface area contributed by atoms with Gasteiger partial charge in [-0.3, -0.25) is 9.59 Å². The van der Waals surface area contributed by atoms with Crippen molar-refractivity contribution in [2.75, 3.05) is 19.8 Å². The largest absolute Gasteiger partial charge is 0.463 e. The predicted octanol–water partition coefficient (Wildman–Crippen LogP) is 19.5. The monoisotopic (exact) mass is 921 g/mol. The number of unbranched alkanes of at least 4 members (excludes halogenated alkanes) is 29. The molecule has 0 spiro atoms. The van der Waals surface area contributed by atoms with E-state index in [0.717, 1.165) is 77.0 Å². The van der Waals surface area contributed by atoms with E-state index in [1.54, 1.807) is 0 Å². The number of carbonyl (C=O) groups is 2. The van der Waals surface area contributed by atoms with Crippen molar-refractivity contribution in [3.05, 3.63) is 72.9 Å². The minimum absolute atomic E-state index is 0.134. The summed E-state index contributed by atoms with van der Waals surface area (Å²) < 4.78 is 17.5. The maximum absolute atomic E-state index is 12.7. The van der Waals surface area contributed by atoms with Gasteiger partial charge >= 0.3 is 11.9 Å². The summed E-state index contributed by atoms with van der Waals surface area (Å²) in [5, 5.41) is 0. The van der Waals surface area contributed by atoms with Crippen LogP contribution in [0.25, 0.3) is 0 Å². The number of ether oxygens (including phenoxy) is 3. The van der Waals surface area contributed by atoms with Crippen LogP contribution in [0.15, 0.2) is 72.9 Å². The molecule has 0 aliphatic carbocycles. The van der Waals surface area contributed by atoms with Crippen LogP contribution in [0.1, 0.15) is 278 Å². The van der Waals surface area contributed by atoms with E-state index in [9.17, 15) is 9.59 Å². The lowest BCUT2D eigenvalue weighted by atomic mass is 10.0. The summed E-state index contributed by atoms with van der Waals surface area (Å²) in [6.07, 6.45) is 73.7. The fourth-order valence-corrected chi connectivity index (χ4v) is 7.98. The Morgan fingerprint density at radius 3 is 1.03 bits per heavy atom. The molecular weight excluding hydrogens is 813 g/mol. The predicted molar refractivity (Wildman–Crippen MR) is 288 cm³/mol. The number of hydrogen-bond donors (Lipinski definition) is 0. The van der Waals surface area contributed by atoms with Gasteiger partial charge in [0.1, 0.15) is 19.3 Å². The van der Waals surface area contributed by atoms with Crippen LogP contribution >= 0.6 is 0 Å². The van der Waals surface area contributed by atoms with Crippen LogP contribution in [0.4, 0.5) is 0 Å². The zero-order valence-electron chi connectivity index (χ0n) is 44.0. The first-order valence-corrected chi connectivity index (χ1v) is 28.5. The van der Waals surface area contributed by atoms with Gasteiger partial charge in [0.05, 0.1) is 0 Å². The number of allylic oxidation sites excluding steroid dienone is 12. The molecule has 1 atom stereocenters. The third kappa shape index (κ3) is 54.0. The molecule has 0 radical (unpaired) electrons. The quantitative estimate of drug-likeness (QED) is 0.0346. The summed E-state index contributed by atoms with van der Waals surface area (Å²) >= 11 is 0. The Hall–Kier alpha value is -2.66. The molecule has 0 bridgehead atoms. The van der Waals surface area contributed by atoms with Crippen LogP contribution in [0.5, 0.6) is 0 Å². The summed E-state index contributed by atoms with van der Waals surface area (Å²) in [4.78, 5) is 25.3. The first-order chi connectivity index (χ1) is 32.6. The number of carbonyl (C=O) groups excluding carboxylic acids is 2. The molecule has 382 valence electrons. The third-order valence-corrected chi connectivity index (χ3v) is 12.3.